The van der Waals surface area contributed by atoms with Gasteiger partial charge in [-0.15, -0.1) is 11.3 Å². The molecule has 1 aliphatic rings. The fraction of sp³-hybridized carbons (Fsp3) is 0.280. The average molecular weight is 445 g/mol. The number of fused-ring (bicyclic) bond motifs is 1. The second-order valence-corrected chi connectivity index (χ2v) is 9.08. The van der Waals surface area contributed by atoms with Crippen LogP contribution in [0.4, 0.5) is 0 Å². The lowest BCUT2D eigenvalue weighted by Crippen LogP contribution is -2.32. The van der Waals surface area contributed by atoms with Gasteiger partial charge in [0.15, 0.2) is 0 Å². The summed E-state index contributed by atoms with van der Waals surface area (Å²) in [6.07, 6.45) is 7.34. The number of aromatic nitrogens is 3. The molecular weight excluding hydrogens is 420 g/mol. The first-order valence-electron chi connectivity index (χ1n) is 10.8. The summed E-state index contributed by atoms with van der Waals surface area (Å²) < 4.78 is 1.57. The zero-order chi connectivity index (χ0) is 22.1. The van der Waals surface area contributed by atoms with Crippen molar-refractivity contribution in [2.45, 2.75) is 38.8 Å². The summed E-state index contributed by atoms with van der Waals surface area (Å²) in [7, 11) is 0. The minimum atomic E-state index is -0.0927. The van der Waals surface area contributed by atoms with Crippen LogP contribution < -0.4 is 5.56 Å². The number of amides is 1. The van der Waals surface area contributed by atoms with Gasteiger partial charge < -0.3 is 4.90 Å². The van der Waals surface area contributed by atoms with Crippen molar-refractivity contribution in [3.63, 3.8) is 0 Å². The molecule has 162 valence electrons. The maximum Gasteiger partial charge on any atom is 0.262 e. The van der Waals surface area contributed by atoms with Gasteiger partial charge in [0.2, 0.25) is 5.91 Å². The Hall–Kier alpha value is -3.32. The van der Waals surface area contributed by atoms with Crippen LogP contribution in [0.5, 0.6) is 0 Å². The highest BCUT2D eigenvalue weighted by atomic mass is 32.1. The molecule has 6 nitrogen and oxygen atoms in total. The Labute approximate surface area is 190 Å². The van der Waals surface area contributed by atoms with Crippen LogP contribution in [0.3, 0.4) is 0 Å². The summed E-state index contributed by atoms with van der Waals surface area (Å²) in [4.78, 5) is 37.6. The molecule has 0 N–H and O–H groups in total. The molecule has 1 aliphatic heterocycles. The predicted octanol–water partition coefficient (Wildman–Crippen LogP) is 4.58. The third-order valence-corrected chi connectivity index (χ3v) is 7.02. The second kappa shape index (κ2) is 8.67. The maximum absolute atomic E-state index is 13.3. The van der Waals surface area contributed by atoms with E-state index in [1.807, 2.05) is 59.8 Å². The van der Waals surface area contributed by atoms with E-state index < -0.39 is 0 Å². The molecule has 4 heterocycles. The molecule has 5 rings (SSSR count). The van der Waals surface area contributed by atoms with Crippen LogP contribution in [0.1, 0.15) is 36.4 Å². The summed E-state index contributed by atoms with van der Waals surface area (Å²) in [6.45, 7) is 3.10. The van der Waals surface area contributed by atoms with Crippen LogP contribution in [0.15, 0.2) is 65.3 Å². The highest BCUT2D eigenvalue weighted by molar-refractivity contribution is 7.17. The average Bonchev–Trinajstić information content (AvgIpc) is 3.48. The van der Waals surface area contributed by atoms with E-state index in [1.54, 1.807) is 17.1 Å². The molecule has 1 amide bonds. The van der Waals surface area contributed by atoms with Crippen molar-refractivity contribution in [2.24, 2.45) is 0 Å². The molecule has 1 fully saturated rings. The molecule has 3 aromatic heterocycles. The quantitative estimate of drug-likeness (QED) is 0.452. The minimum absolute atomic E-state index is 0.0624. The van der Waals surface area contributed by atoms with Gasteiger partial charge in [0.05, 0.1) is 17.8 Å². The van der Waals surface area contributed by atoms with E-state index in [2.05, 4.69) is 9.97 Å². The van der Waals surface area contributed by atoms with Gasteiger partial charge in [-0.1, -0.05) is 35.9 Å². The van der Waals surface area contributed by atoms with Gasteiger partial charge in [0.1, 0.15) is 4.83 Å². The number of pyridine rings is 1. The van der Waals surface area contributed by atoms with E-state index in [1.165, 1.54) is 16.9 Å². The van der Waals surface area contributed by atoms with E-state index in [0.717, 1.165) is 40.9 Å². The largest absolute Gasteiger partial charge is 0.336 e. The smallest absolute Gasteiger partial charge is 0.262 e. The SMILES string of the molecule is Cc1ccc(-c2csc3ncn(CCC(=O)N4CCCC4c4cccnc4)c(=O)c23)cc1. The molecule has 0 spiro atoms. The van der Waals surface area contributed by atoms with Crippen molar-refractivity contribution in [1.82, 2.24) is 19.4 Å². The predicted molar refractivity (Wildman–Crippen MR) is 127 cm³/mol. The van der Waals surface area contributed by atoms with Gasteiger partial charge in [0, 0.05) is 42.8 Å². The van der Waals surface area contributed by atoms with Crippen LogP contribution >= 0.6 is 11.3 Å². The molecule has 0 radical (unpaired) electrons. The fourth-order valence-electron chi connectivity index (χ4n) is 4.42. The Morgan fingerprint density at radius 3 is 2.84 bits per heavy atom. The van der Waals surface area contributed by atoms with Gasteiger partial charge in [-0.05, 0) is 37.0 Å². The van der Waals surface area contributed by atoms with E-state index in [-0.39, 0.29) is 23.9 Å². The van der Waals surface area contributed by atoms with Crippen LogP contribution in [-0.2, 0) is 11.3 Å². The summed E-state index contributed by atoms with van der Waals surface area (Å²) in [5.41, 5.74) is 4.06. The van der Waals surface area contributed by atoms with Crippen LogP contribution in [0.25, 0.3) is 21.3 Å². The van der Waals surface area contributed by atoms with Crippen molar-refractivity contribution >= 4 is 27.5 Å². The van der Waals surface area contributed by atoms with Crippen molar-refractivity contribution < 1.29 is 4.79 Å². The van der Waals surface area contributed by atoms with Crippen LogP contribution in [-0.4, -0.2) is 31.9 Å². The van der Waals surface area contributed by atoms with Gasteiger partial charge >= 0.3 is 0 Å². The standard InChI is InChI=1S/C25H24N4O2S/c1-17-6-8-18(9-7-17)20-15-32-24-23(20)25(31)28(16-27-24)13-10-22(30)29-12-3-5-21(29)19-4-2-11-26-14-19/h2,4,6-9,11,14-16,21H,3,5,10,12-13H2,1H3. The number of aryl methyl sites for hydroxylation is 2. The first-order valence-corrected chi connectivity index (χ1v) is 11.7. The number of rotatable bonds is 5. The monoisotopic (exact) mass is 444 g/mol. The van der Waals surface area contributed by atoms with Crippen molar-refractivity contribution in [1.29, 1.82) is 0 Å². The zero-order valence-corrected chi connectivity index (χ0v) is 18.7. The van der Waals surface area contributed by atoms with Crippen molar-refractivity contribution in [3.8, 4) is 11.1 Å². The van der Waals surface area contributed by atoms with E-state index in [0.29, 0.717) is 11.9 Å². The number of carbonyl (C=O) groups excluding carboxylic acids is 1. The summed E-state index contributed by atoms with van der Waals surface area (Å²) in [6, 6.07) is 12.1. The number of likely N-dealkylation sites (tertiary alicyclic amines) is 1. The van der Waals surface area contributed by atoms with Gasteiger partial charge in [-0.2, -0.15) is 0 Å². The van der Waals surface area contributed by atoms with E-state index in [9.17, 15) is 9.59 Å². The highest BCUT2D eigenvalue weighted by Crippen LogP contribution is 2.32. The van der Waals surface area contributed by atoms with Gasteiger partial charge in [-0.3, -0.25) is 19.1 Å². The topological polar surface area (TPSA) is 68.1 Å². The molecular formula is C25H24N4O2S. The molecule has 1 atom stereocenters. The first kappa shape index (κ1) is 20.6. The molecule has 1 unspecified atom stereocenters. The van der Waals surface area contributed by atoms with E-state index in [4.69, 9.17) is 0 Å². The van der Waals surface area contributed by atoms with E-state index >= 15 is 0 Å². The number of nitrogens with zero attached hydrogens (tertiary/aromatic N) is 4. The summed E-state index contributed by atoms with van der Waals surface area (Å²) in [5.74, 6) is 0.0624. The van der Waals surface area contributed by atoms with Crippen LogP contribution in [0, 0.1) is 6.92 Å². The Kier molecular flexibility index (Phi) is 5.57. The van der Waals surface area contributed by atoms with Crippen LogP contribution in [0.2, 0.25) is 0 Å². The first-order chi connectivity index (χ1) is 15.6. The summed E-state index contributed by atoms with van der Waals surface area (Å²) in [5, 5.41) is 2.62. The van der Waals surface area contributed by atoms with Gasteiger partial charge in [0.25, 0.3) is 5.56 Å². The zero-order valence-electron chi connectivity index (χ0n) is 17.9. The van der Waals surface area contributed by atoms with Crippen molar-refractivity contribution in [3.05, 3.63) is 82.0 Å². The Balaban J connectivity index is 1.37. The molecule has 0 saturated carbocycles. The number of hydrogen-bond acceptors (Lipinski definition) is 5. The van der Waals surface area contributed by atoms with Crippen molar-refractivity contribution in [2.75, 3.05) is 6.54 Å². The number of carbonyl (C=O) groups is 1. The number of benzene rings is 1. The summed E-state index contributed by atoms with van der Waals surface area (Å²) >= 11 is 1.47. The minimum Gasteiger partial charge on any atom is -0.336 e. The lowest BCUT2D eigenvalue weighted by molar-refractivity contribution is -0.132. The Morgan fingerprint density at radius 1 is 1.22 bits per heavy atom. The second-order valence-electron chi connectivity index (χ2n) is 8.22. The highest BCUT2D eigenvalue weighted by Gasteiger charge is 2.29. The lowest BCUT2D eigenvalue weighted by atomic mass is 10.1. The molecule has 1 saturated heterocycles. The normalized spacial score (nSPS) is 16.0. The molecule has 7 heteroatoms. The maximum atomic E-state index is 13.3. The Morgan fingerprint density at radius 2 is 2.06 bits per heavy atom. The van der Waals surface area contributed by atoms with Gasteiger partial charge in [-0.25, -0.2) is 4.98 Å². The number of hydrogen-bond donors (Lipinski definition) is 0. The lowest BCUT2D eigenvalue weighted by Gasteiger charge is -2.25. The Bertz CT molecular complexity index is 1310. The molecule has 0 aliphatic carbocycles. The third kappa shape index (κ3) is 3.84. The molecule has 32 heavy (non-hydrogen) atoms. The third-order valence-electron chi connectivity index (χ3n) is 6.13. The number of thiophene rings is 1. The fourth-order valence-corrected chi connectivity index (χ4v) is 5.32. The molecule has 1 aromatic carbocycles. The molecule has 4 aromatic rings. The molecule has 0 bridgehead atoms.